The third kappa shape index (κ3) is 16.5. The number of carbonyl (C=O) groups is 4. The van der Waals surface area contributed by atoms with E-state index in [1.165, 1.54) is 21.3 Å². The monoisotopic (exact) mass is 587 g/mol. The molecule has 2 aromatic carbocycles. The summed E-state index contributed by atoms with van der Waals surface area (Å²) in [6.45, 7) is 0. The predicted molar refractivity (Wildman–Crippen MR) is 160 cm³/mol. The zero-order chi connectivity index (χ0) is 31.0. The highest BCUT2D eigenvalue weighted by Crippen LogP contribution is 2.13. The van der Waals surface area contributed by atoms with Gasteiger partial charge in [0, 0.05) is 38.4 Å². The highest BCUT2D eigenvalue weighted by atomic mass is 16.5. The van der Waals surface area contributed by atoms with Gasteiger partial charge in [-0.15, -0.1) is 0 Å². The number of methoxy groups -OCH3 is 3. The van der Waals surface area contributed by atoms with Gasteiger partial charge in [-0.25, -0.2) is 5.48 Å². The fraction of sp³-hybridized carbons (Fsp3) is 0.484. The SMILES string of the molecule is COC(=O)CCCCCC(OC)C(=O)Nc1ccccc1.COC(CCCCCC(=O)NO)C(=O)Nc1ccccc1. The number of unbranched alkanes of at least 4 members (excludes halogenated alkanes) is 4. The number of benzene rings is 2. The van der Waals surface area contributed by atoms with Crippen LogP contribution in [0.4, 0.5) is 11.4 Å². The van der Waals surface area contributed by atoms with Crippen LogP contribution in [-0.2, 0) is 33.4 Å². The maximum Gasteiger partial charge on any atom is 0.305 e. The number of rotatable bonds is 18. The second-order valence-electron chi connectivity index (χ2n) is 9.47. The zero-order valence-corrected chi connectivity index (χ0v) is 24.8. The van der Waals surface area contributed by atoms with Gasteiger partial charge in [-0.2, -0.15) is 0 Å². The molecule has 0 heterocycles. The standard InChI is InChI=1S/C16H23NO4.C15H22N2O4/c1-20-14(11-7-4-8-12-15(18)21-2)16(19)17-13-9-5-3-6-10-13;1-21-13(10-6-3-7-11-14(18)17-20)15(19)16-12-8-4-2-5-9-12/h3,5-6,9-10,14H,4,7-8,11-12H2,1-2H3,(H,17,19);2,4-5,8-9,13,20H,3,6-7,10-11H2,1H3,(H,16,19)(H,17,18). The van der Waals surface area contributed by atoms with Crippen LogP contribution in [0, 0.1) is 0 Å². The molecule has 42 heavy (non-hydrogen) atoms. The molecule has 0 saturated carbocycles. The van der Waals surface area contributed by atoms with Crippen molar-refractivity contribution in [1.82, 2.24) is 5.48 Å². The molecule has 0 aromatic heterocycles. The Labute approximate surface area is 248 Å². The molecule has 0 bridgehead atoms. The molecule has 11 nitrogen and oxygen atoms in total. The Kier molecular flexibility index (Phi) is 19.7. The highest BCUT2D eigenvalue weighted by molar-refractivity contribution is 5.94. The number of hydroxylamine groups is 1. The van der Waals surface area contributed by atoms with E-state index in [1.54, 1.807) is 5.48 Å². The molecule has 2 unspecified atom stereocenters. The van der Waals surface area contributed by atoms with E-state index in [9.17, 15) is 19.2 Å². The minimum Gasteiger partial charge on any atom is -0.469 e. The maximum absolute atomic E-state index is 12.1. The van der Waals surface area contributed by atoms with Gasteiger partial charge in [-0.1, -0.05) is 62.1 Å². The zero-order valence-electron chi connectivity index (χ0n) is 24.8. The van der Waals surface area contributed by atoms with Gasteiger partial charge in [0.15, 0.2) is 0 Å². The molecule has 2 atom stereocenters. The molecule has 0 fully saturated rings. The van der Waals surface area contributed by atoms with Crippen LogP contribution in [-0.4, -0.2) is 62.4 Å². The first-order valence-corrected chi connectivity index (χ1v) is 14.1. The average molecular weight is 588 g/mol. The molecule has 0 saturated heterocycles. The quantitative estimate of drug-likeness (QED) is 0.0835. The molecule has 0 aliphatic rings. The van der Waals surface area contributed by atoms with Crippen LogP contribution in [0.2, 0.25) is 0 Å². The first-order valence-electron chi connectivity index (χ1n) is 14.1. The van der Waals surface area contributed by atoms with Gasteiger partial charge in [-0.05, 0) is 49.9 Å². The first kappa shape index (κ1) is 36.2. The van der Waals surface area contributed by atoms with E-state index in [2.05, 4.69) is 15.4 Å². The first-order chi connectivity index (χ1) is 20.3. The number of hydrogen-bond acceptors (Lipinski definition) is 8. The molecule has 0 aliphatic carbocycles. The molecular weight excluding hydrogens is 542 g/mol. The van der Waals surface area contributed by atoms with Crippen molar-refractivity contribution in [2.45, 2.75) is 76.4 Å². The van der Waals surface area contributed by atoms with Crippen LogP contribution in [0.15, 0.2) is 60.7 Å². The largest absolute Gasteiger partial charge is 0.469 e. The van der Waals surface area contributed by atoms with Crippen molar-refractivity contribution >= 4 is 35.1 Å². The number of para-hydroxylation sites is 2. The molecule has 3 amide bonds. The third-order valence-electron chi connectivity index (χ3n) is 6.31. The minimum atomic E-state index is -0.503. The predicted octanol–water partition coefficient (Wildman–Crippen LogP) is 4.86. The van der Waals surface area contributed by atoms with E-state index in [0.717, 1.165) is 43.5 Å². The van der Waals surface area contributed by atoms with Crippen molar-refractivity contribution < 1.29 is 38.6 Å². The van der Waals surface area contributed by atoms with Crippen molar-refractivity contribution in [1.29, 1.82) is 0 Å². The Morgan fingerprint density at radius 2 is 1.07 bits per heavy atom. The van der Waals surface area contributed by atoms with Crippen LogP contribution in [0.25, 0.3) is 0 Å². The fourth-order valence-corrected chi connectivity index (χ4v) is 3.93. The number of hydrogen-bond donors (Lipinski definition) is 4. The summed E-state index contributed by atoms with van der Waals surface area (Å²) in [4.78, 5) is 45.9. The summed E-state index contributed by atoms with van der Waals surface area (Å²) < 4.78 is 15.0. The average Bonchev–Trinajstić information content (AvgIpc) is 3.01. The van der Waals surface area contributed by atoms with E-state index in [-0.39, 0.29) is 30.1 Å². The summed E-state index contributed by atoms with van der Waals surface area (Å²) in [5.41, 5.74) is 3.09. The van der Waals surface area contributed by atoms with Crippen LogP contribution in [0.1, 0.15) is 64.2 Å². The Bertz CT molecular complexity index is 953. The van der Waals surface area contributed by atoms with Crippen molar-refractivity contribution in [3.8, 4) is 0 Å². The number of anilines is 2. The van der Waals surface area contributed by atoms with Gasteiger partial charge in [0.1, 0.15) is 12.2 Å². The Morgan fingerprint density at radius 3 is 1.45 bits per heavy atom. The summed E-state index contributed by atoms with van der Waals surface area (Å²) in [6.07, 6.45) is 5.67. The fourth-order valence-electron chi connectivity index (χ4n) is 3.93. The second kappa shape index (κ2) is 22.8. The van der Waals surface area contributed by atoms with E-state index in [1.807, 2.05) is 60.7 Å². The smallest absolute Gasteiger partial charge is 0.305 e. The molecule has 11 heteroatoms. The topological polar surface area (TPSA) is 152 Å². The lowest BCUT2D eigenvalue weighted by Gasteiger charge is -2.15. The van der Waals surface area contributed by atoms with E-state index in [4.69, 9.17) is 14.7 Å². The number of amides is 3. The van der Waals surface area contributed by atoms with Crippen LogP contribution in [0.3, 0.4) is 0 Å². The van der Waals surface area contributed by atoms with Gasteiger partial charge in [0.25, 0.3) is 11.8 Å². The number of esters is 1. The number of carbonyl (C=O) groups excluding carboxylic acids is 4. The lowest BCUT2D eigenvalue weighted by molar-refractivity contribution is -0.140. The molecule has 2 rings (SSSR count). The van der Waals surface area contributed by atoms with E-state index < -0.39 is 12.2 Å². The summed E-state index contributed by atoms with van der Waals surface area (Å²) in [7, 11) is 4.43. The number of nitrogens with one attached hydrogen (secondary N) is 3. The Balaban J connectivity index is 0.000000420. The lowest BCUT2D eigenvalue weighted by atomic mass is 10.1. The lowest BCUT2D eigenvalue weighted by Crippen LogP contribution is -2.29. The Hall–Kier alpha value is -3.80. The summed E-state index contributed by atoms with van der Waals surface area (Å²) in [5.74, 6) is -0.895. The van der Waals surface area contributed by atoms with Gasteiger partial charge >= 0.3 is 5.97 Å². The van der Waals surface area contributed by atoms with Crippen LogP contribution in [0.5, 0.6) is 0 Å². The molecular formula is C31H45N3O8. The van der Waals surface area contributed by atoms with Crippen LogP contribution >= 0.6 is 0 Å². The third-order valence-corrected chi connectivity index (χ3v) is 6.31. The summed E-state index contributed by atoms with van der Waals surface area (Å²) in [5, 5.41) is 14.0. The molecule has 0 spiro atoms. The minimum absolute atomic E-state index is 0.142. The van der Waals surface area contributed by atoms with Crippen molar-refractivity contribution in [3.05, 3.63) is 60.7 Å². The van der Waals surface area contributed by atoms with E-state index >= 15 is 0 Å². The van der Waals surface area contributed by atoms with Crippen LogP contribution < -0.4 is 16.1 Å². The van der Waals surface area contributed by atoms with Gasteiger partial charge in [-0.3, -0.25) is 24.4 Å². The van der Waals surface area contributed by atoms with Crippen molar-refractivity contribution in [2.24, 2.45) is 0 Å². The molecule has 4 N–H and O–H groups in total. The summed E-state index contributed by atoms with van der Waals surface area (Å²) >= 11 is 0. The van der Waals surface area contributed by atoms with Gasteiger partial charge < -0.3 is 24.8 Å². The van der Waals surface area contributed by atoms with Gasteiger partial charge in [0.05, 0.1) is 7.11 Å². The highest BCUT2D eigenvalue weighted by Gasteiger charge is 2.18. The molecule has 232 valence electrons. The molecule has 0 radical (unpaired) electrons. The second-order valence-corrected chi connectivity index (χ2v) is 9.47. The van der Waals surface area contributed by atoms with Gasteiger partial charge in [0.2, 0.25) is 5.91 Å². The van der Waals surface area contributed by atoms with Crippen molar-refractivity contribution in [3.63, 3.8) is 0 Å². The summed E-state index contributed by atoms with van der Waals surface area (Å²) in [6, 6.07) is 18.5. The normalized spacial score (nSPS) is 11.7. The molecule has 2 aromatic rings. The number of ether oxygens (including phenoxy) is 3. The Morgan fingerprint density at radius 1 is 0.643 bits per heavy atom. The van der Waals surface area contributed by atoms with E-state index in [0.29, 0.717) is 25.7 Å². The van der Waals surface area contributed by atoms with Crippen molar-refractivity contribution in [2.75, 3.05) is 32.0 Å². The maximum atomic E-state index is 12.1. The molecule has 0 aliphatic heterocycles.